The van der Waals surface area contributed by atoms with Gasteiger partial charge in [0, 0.05) is 66.6 Å². The molecule has 0 aliphatic heterocycles. The van der Waals surface area contributed by atoms with E-state index in [0.717, 1.165) is 11.9 Å². The summed E-state index contributed by atoms with van der Waals surface area (Å²) >= 11 is 4.15. The molecule has 0 amide bonds. The minimum absolute atomic E-state index is 0.562. The molecule has 0 saturated carbocycles. The van der Waals surface area contributed by atoms with Gasteiger partial charge in [-0.25, -0.2) is 0 Å². The lowest BCUT2D eigenvalue weighted by Crippen LogP contribution is -2.08. The molecule has 0 atom stereocenters. The summed E-state index contributed by atoms with van der Waals surface area (Å²) in [6, 6.07) is 0. The van der Waals surface area contributed by atoms with E-state index in [1.54, 1.807) is 21.6 Å². The number of hydrogen-bond donors (Lipinski definition) is 0. The molecule has 0 aromatic heterocycles. The van der Waals surface area contributed by atoms with Crippen molar-refractivity contribution in [3.8, 4) is 0 Å². The van der Waals surface area contributed by atoms with E-state index in [4.69, 9.17) is 8.37 Å². The molecule has 0 unspecified atom stereocenters. The van der Waals surface area contributed by atoms with Crippen molar-refractivity contribution in [1.82, 2.24) is 0 Å². The maximum Gasteiger partial charge on any atom is 0.0931 e. The van der Waals surface area contributed by atoms with Crippen molar-refractivity contribution < 1.29 is 12.9 Å². The van der Waals surface area contributed by atoms with Crippen molar-refractivity contribution in [3.63, 3.8) is 0 Å². The van der Waals surface area contributed by atoms with Crippen LogP contribution in [0, 0.1) is 0 Å². The maximum atomic E-state index is 12.6. The van der Waals surface area contributed by atoms with Crippen LogP contribution in [0.3, 0.4) is 0 Å². The Morgan fingerprint density at radius 2 is 1.59 bits per heavy atom. The Bertz CT molecular complexity index is 192. The lowest BCUT2D eigenvalue weighted by Gasteiger charge is -2.17. The summed E-state index contributed by atoms with van der Waals surface area (Å²) in [6.07, 6.45) is 4.14. The third-order valence-corrected chi connectivity index (χ3v) is 9.14. The summed E-state index contributed by atoms with van der Waals surface area (Å²) < 4.78 is 23.1. The Morgan fingerprint density at radius 3 is 2.00 bits per heavy atom. The van der Waals surface area contributed by atoms with Crippen molar-refractivity contribution in [2.45, 2.75) is 0 Å². The minimum Gasteiger partial charge on any atom is -0.323 e. The van der Waals surface area contributed by atoms with Gasteiger partial charge >= 0.3 is 0 Å². The van der Waals surface area contributed by atoms with Gasteiger partial charge in [0.15, 0.2) is 0 Å². The molecule has 0 heterocycles. The second kappa shape index (κ2) is 14.0. The van der Waals surface area contributed by atoms with Crippen molar-refractivity contribution in [1.29, 1.82) is 0 Å². The largest absolute Gasteiger partial charge is 0.323 e. The topological polar surface area (TPSA) is 35.5 Å². The fraction of sp³-hybridized carbons (Fsp3) is 1.00. The van der Waals surface area contributed by atoms with Crippen LogP contribution in [0.15, 0.2) is 0 Å². The van der Waals surface area contributed by atoms with Crippen LogP contribution < -0.4 is 0 Å². The van der Waals surface area contributed by atoms with Crippen LogP contribution in [0.1, 0.15) is 0 Å². The minimum atomic E-state index is -2.13. The van der Waals surface area contributed by atoms with Crippen LogP contribution in [0.5, 0.6) is 0 Å². The van der Waals surface area contributed by atoms with Gasteiger partial charge < -0.3 is 12.9 Å². The van der Waals surface area contributed by atoms with Gasteiger partial charge in [0.2, 0.25) is 0 Å². The van der Waals surface area contributed by atoms with Gasteiger partial charge in [0.05, 0.1) is 38.8 Å². The molecule has 0 bridgehead atoms. The van der Waals surface area contributed by atoms with Crippen LogP contribution in [-0.2, 0) is 12.9 Å². The molecule has 104 valence electrons. The molecule has 0 aromatic carbocycles. The first kappa shape index (κ1) is 20.0. The fourth-order valence-electron chi connectivity index (χ4n) is 1.09. The van der Waals surface area contributed by atoms with Gasteiger partial charge in [0.1, 0.15) is 0 Å². The van der Waals surface area contributed by atoms with E-state index in [1.165, 1.54) is 18.4 Å². The van der Waals surface area contributed by atoms with Crippen LogP contribution in [0.25, 0.3) is 0 Å². The van der Waals surface area contributed by atoms with Gasteiger partial charge in [-0.15, -0.1) is 0 Å². The third-order valence-electron chi connectivity index (χ3n) is 1.95. The summed E-state index contributed by atoms with van der Waals surface area (Å²) in [4.78, 5) is 0. The maximum absolute atomic E-state index is 12.6. The SMILES string of the molecule is CSSCCP(=O)(CCOSI)CCOSI. The van der Waals surface area contributed by atoms with Gasteiger partial charge in [-0.1, -0.05) is 21.6 Å². The molecule has 0 N–H and O–H groups in total. The lowest BCUT2D eigenvalue weighted by molar-refractivity contribution is 0.398. The van der Waals surface area contributed by atoms with Gasteiger partial charge in [-0.2, -0.15) is 0 Å². The molecule has 0 rings (SSSR count). The summed E-state index contributed by atoms with van der Waals surface area (Å²) in [5.41, 5.74) is 0. The monoisotopic (exact) mass is 560 g/mol. The Balaban J connectivity index is 4.00. The van der Waals surface area contributed by atoms with E-state index in [1.807, 2.05) is 6.26 Å². The molecule has 17 heavy (non-hydrogen) atoms. The van der Waals surface area contributed by atoms with E-state index < -0.39 is 7.14 Å². The Labute approximate surface area is 144 Å². The summed E-state index contributed by atoms with van der Waals surface area (Å²) in [5, 5.41) is 0. The highest BCUT2D eigenvalue weighted by molar-refractivity contribution is 14.2. The fourth-order valence-corrected chi connectivity index (χ4v) is 7.20. The Morgan fingerprint density at radius 1 is 1.06 bits per heavy atom. The highest BCUT2D eigenvalue weighted by atomic mass is 127. The van der Waals surface area contributed by atoms with Crippen LogP contribution in [-0.4, -0.2) is 43.7 Å². The zero-order valence-electron chi connectivity index (χ0n) is 9.30. The molecule has 0 spiro atoms. The summed E-state index contributed by atoms with van der Waals surface area (Å²) in [6.45, 7) is 1.12. The first-order valence-electron chi connectivity index (χ1n) is 4.71. The van der Waals surface area contributed by atoms with E-state index in [0.29, 0.717) is 25.5 Å². The number of rotatable bonds is 12. The van der Waals surface area contributed by atoms with Crippen LogP contribution >= 0.6 is 89.6 Å². The normalized spacial score (nSPS) is 11.9. The van der Waals surface area contributed by atoms with Crippen molar-refractivity contribution in [2.24, 2.45) is 0 Å². The second-order valence-electron chi connectivity index (χ2n) is 2.99. The third kappa shape index (κ3) is 12.5. The zero-order chi connectivity index (χ0) is 13.0. The molecule has 0 aliphatic carbocycles. The lowest BCUT2D eigenvalue weighted by atomic mass is 10.9. The molecule has 10 heteroatoms. The molecule has 0 radical (unpaired) electrons. The second-order valence-corrected chi connectivity index (χ2v) is 12.0. The molecule has 0 fully saturated rings. The Kier molecular flexibility index (Phi) is 16.4. The predicted octanol–water partition coefficient (Wildman–Crippen LogP) is 5.39. The number of halogens is 2. The molecular weight excluding hydrogens is 545 g/mol. The first-order chi connectivity index (χ1) is 8.18. The van der Waals surface area contributed by atoms with Crippen LogP contribution in [0.2, 0.25) is 0 Å². The van der Waals surface area contributed by atoms with E-state index in [-0.39, 0.29) is 0 Å². The first-order valence-corrected chi connectivity index (χ1v) is 16.3. The molecule has 0 saturated heterocycles. The van der Waals surface area contributed by atoms with Gasteiger partial charge in [0.25, 0.3) is 0 Å². The zero-order valence-corrected chi connectivity index (χ0v) is 17.8. The highest BCUT2D eigenvalue weighted by Crippen LogP contribution is 2.46. The molecular formula is C7H15I2O3PS4. The quantitative estimate of drug-likeness (QED) is 0.104. The summed E-state index contributed by atoms with van der Waals surface area (Å²) in [7, 11) is 3.96. The number of hydrogen-bond acceptors (Lipinski definition) is 7. The van der Waals surface area contributed by atoms with Crippen molar-refractivity contribution in [3.05, 3.63) is 0 Å². The summed E-state index contributed by atoms with van der Waals surface area (Å²) in [5.74, 6) is 0.938. The van der Waals surface area contributed by atoms with Gasteiger partial charge in [-0.3, -0.25) is 0 Å². The molecule has 0 aromatic rings. The van der Waals surface area contributed by atoms with Crippen molar-refractivity contribution >= 4 is 89.6 Å². The van der Waals surface area contributed by atoms with E-state index >= 15 is 0 Å². The van der Waals surface area contributed by atoms with Crippen LogP contribution in [0.4, 0.5) is 0 Å². The molecule has 3 nitrogen and oxygen atoms in total. The standard InChI is InChI=1S/C7H15I2O3PS4/c1-14-15-7-6-13(10,4-2-11-16-8)5-3-12-17-9/h2-7H2,1H3. The van der Waals surface area contributed by atoms with E-state index in [9.17, 15) is 4.57 Å². The smallest absolute Gasteiger partial charge is 0.0931 e. The van der Waals surface area contributed by atoms with Crippen molar-refractivity contribution in [2.75, 3.05) is 43.7 Å². The van der Waals surface area contributed by atoms with E-state index in [2.05, 4.69) is 42.4 Å². The average molecular weight is 560 g/mol. The highest BCUT2D eigenvalue weighted by Gasteiger charge is 2.21. The van der Waals surface area contributed by atoms with Gasteiger partial charge in [-0.05, 0) is 6.26 Å². The average Bonchev–Trinajstić information content (AvgIpc) is 2.30. The Hall–Kier alpha value is 3.01. The molecule has 0 aliphatic rings. The predicted molar refractivity (Wildman–Crippen MR) is 103 cm³/mol.